The van der Waals surface area contributed by atoms with Crippen LogP contribution in [-0.4, -0.2) is 24.8 Å². The van der Waals surface area contributed by atoms with Crippen molar-refractivity contribution in [3.05, 3.63) is 88.5 Å². The largest absolute Gasteiger partial charge is 0.369 e. The summed E-state index contributed by atoms with van der Waals surface area (Å²) in [7, 11) is -4.08. The molecule has 0 aliphatic heterocycles. The molecule has 2 aromatic carbocycles. The van der Waals surface area contributed by atoms with Gasteiger partial charge in [0.05, 0.1) is 23.5 Å². The lowest BCUT2D eigenvalue weighted by atomic mass is 10.1. The second kappa shape index (κ2) is 7.80. The maximum Gasteiger partial charge on any atom is 0.320 e. The summed E-state index contributed by atoms with van der Waals surface area (Å²) in [6.07, 6.45) is 3.23. The van der Waals surface area contributed by atoms with E-state index in [1.807, 2.05) is 30.3 Å². The molecule has 2 aromatic rings. The highest BCUT2D eigenvalue weighted by atomic mass is 32.2. The van der Waals surface area contributed by atoms with E-state index in [1.54, 1.807) is 30.4 Å². The zero-order chi connectivity index (χ0) is 18.6. The Kier molecular flexibility index (Phi) is 5.49. The molecular formula is C19H19NO5S. The average Bonchev–Trinajstić information content (AvgIpc) is 3.09. The van der Waals surface area contributed by atoms with Crippen LogP contribution >= 0.6 is 0 Å². The van der Waals surface area contributed by atoms with Gasteiger partial charge in [0, 0.05) is 4.92 Å². The minimum absolute atomic E-state index is 0.0382. The van der Waals surface area contributed by atoms with Crippen LogP contribution < -0.4 is 0 Å². The zero-order valence-corrected chi connectivity index (χ0v) is 14.8. The normalized spacial score (nSPS) is 20.8. The van der Waals surface area contributed by atoms with Crippen LogP contribution in [0.3, 0.4) is 0 Å². The second-order valence-electron chi connectivity index (χ2n) is 6.15. The molecule has 26 heavy (non-hydrogen) atoms. The molecule has 3 atom stereocenters. The maximum absolute atomic E-state index is 12.7. The lowest BCUT2D eigenvalue weighted by Crippen LogP contribution is -2.36. The quantitative estimate of drug-likeness (QED) is 0.422. The zero-order valence-electron chi connectivity index (χ0n) is 14.0. The summed E-state index contributed by atoms with van der Waals surface area (Å²) in [4.78, 5) is 10.8. The van der Waals surface area contributed by atoms with Gasteiger partial charge in [0.15, 0.2) is 0 Å². The van der Waals surface area contributed by atoms with Crippen molar-refractivity contribution in [1.29, 1.82) is 0 Å². The molecule has 0 heterocycles. The standard InChI is InChI=1S/C19H19NO5S/c21-20(22)19(26(23,24)18-9-5-2-6-10-18)16-11-12-17(13-16)25-14-15-7-3-1-4-8-15/h1-12,16-17,19H,13-14H2/t16-,17+,19?/m1/s1. The van der Waals surface area contributed by atoms with Crippen LogP contribution in [0.2, 0.25) is 0 Å². The Bertz CT molecular complexity index is 881. The van der Waals surface area contributed by atoms with Gasteiger partial charge >= 0.3 is 5.37 Å². The fraction of sp³-hybridized carbons (Fsp3) is 0.263. The van der Waals surface area contributed by atoms with E-state index >= 15 is 0 Å². The van der Waals surface area contributed by atoms with Gasteiger partial charge in [-0.3, -0.25) is 10.1 Å². The van der Waals surface area contributed by atoms with Crippen LogP contribution in [0.1, 0.15) is 12.0 Å². The number of sulfone groups is 1. The molecule has 0 aromatic heterocycles. The predicted octanol–water partition coefficient (Wildman–Crippen LogP) is 3.22. The molecule has 0 spiro atoms. The lowest BCUT2D eigenvalue weighted by molar-refractivity contribution is -0.504. The topological polar surface area (TPSA) is 86.5 Å². The number of nitro groups is 1. The molecule has 6 nitrogen and oxygen atoms in total. The van der Waals surface area contributed by atoms with Crippen LogP contribution in [0, 0.1) is 16.0 Å². The lowest BCUT2D eigenvalue weighted by Gasteiger charge is -2.17. The molecular weight excluding hydrogens is 354 g/mol. The third kappa shape index (κ3) is 4.00. The third-order valence-corrected chi connectivity index (χ3v) is 6.43. The van der Waals surface area contributed by atoms with Gasteiger partial charge < -0.3 is 4.74 Å². The highest BCUT2D eigenvalue weighted by molar-refractivity contribution is 7.91. The van der Waals surface area contributed by atoms with Crippen LogP contribution in [0.4, 0.5) is 0 Å². The molecule has 3 rings (SSSR count). The number of benzene rings is 2. The summed E-state index contributed by atoms with van der Waals surface area (Å²) in [5, 5.41) is 9.83. The summed E-state index contributed by atoms with van der Waals surface area (Å²) in [5.41, 5.74) is 0.993. The molecule has 0 saturated carbocycles. The van der Waals surface area contributed by atoms with Crippen molar-refractivity contribution in [2.45, 2.75) is 29.4 Å². The fourth-order valence-corrected chi connectivity index (χ4v) is 4.76. The van der Waals surface area contributed by atoms with Crippen molar-refractivity contribution >= 4 is 9.84 Å². The van der Waals surface area contributed by atoms with Crippen molar-refractivity contribution in [2.75, 3.05) is 0 Å². The van der Waals surface area contributed by atoms with Gasteiger partial charge in [-0.2, -0.15) is 0 Å². The molecule has 136 valence electrons. The summed E-state index contributed by atoms with van der Waals surface area (Å²) >= 11 is 0. The van der Waals surface area contributed by atoms with E-state index < -0.39 is 26.1 Å². The smallest absolute Gasteiger partial charge is 0.320 e. The first-order chi connectivity index (χ1) is 12.5. The van der Waals surface area contributed by atoms with Crippen molar-refractivity contribution in [3.8, 4) is 0 Å². The van der Waals surface area contributed by atoms with Gasteiger partial charge in [0.25, 0.3) is 0 Å². The Morgan fingerprint density at radius 2 is 1.65 bits per heavy atom. The highest BCUT2D eigenvalue weighted by Crippen LogP contribution is 2.31. The van der Waals surface area contributed by atoms with Crippen LogP contribution in [0.25, 0.3) is 0 Å². The Morgan fingerprint density at radius 1 is 1.04 bits per heavy atom. The van der Waals surface area contributed by atoms with Gasteiger partial charge in [-0.25, -0.2) is 8.42 Å². The molecule has 0 amide bonds. The summed E-state index contributed by atoms with van der Waals surface area (Å²) < 4.78 is 31.2. The summed E-state index contributed by atoms with van der Waals surface area (Å²) in [6.45, 7) is 0.372. The van der Waals surface area contributed by atoms with E-state index in [2.05, 4.69) is 0 Å². The second-order valence-corrected chi connectivity index (χ2v) is 8.20. The molecule has 1 aliphatic carbocycles. The van der Waals surface area contributed by atoms with E-state index in [9.17, 15) is 18.5 Å². The number of hydrogen-bond donors (Lipinski definition) is 0. The molecule has 0 saturated heterocycles. The molecule has 1 aliphatic rings. The third-order valence-electron chi connectivity index (χ3n) is 4.35. The maximum atomic E-state index is 12.7. The molecule has 0 N–H and O–H groups in total. The molecule has 0 radical (unpaired) electrons. The predicted molar refractivity (Wildman–Crippen MR) is 96.7 cm³/mol. The SMILES string of the molecule is O=[N+]([O-])C([C@@H]1C=C[C@H](OCc2ccccc2)C1)S(=O)(=O)c1ccccc1. The van der Waals surface area contributed by atoms with Crippen molar-refractivity contribution in [3.63, 3.8) is 0 Å². The first kappa shape index (κ1) is 18.3. The van der Waals surface area contributed by atoms with Gasteiger partial charge in [-0.05, 0) is 24.1 Å². The molecule has 0 fully saturated rings. The van der Waals surface area contributed by atoms with Crippen LogP contribution in [0.15, 0.2) is 77.7 Å². The van der Waals surface area contributed by atoms with E-state index in [0.717, 1.165) is 5.56 Å². The van der Waals surface area contributed by atoms with E-state index in [0.29, 0.717) is 6.61 Å². The highest BCUT2D eigenvalue weighted by Gasteiger charge is 2.45. The number of hydrogen-bond acceptors (Lipinski definition) is 5. The molecule has 0 bridgehead atoms. The Balaban J connectivity index is 1.71. The Hall–Kier alpha value is -2.51. The Labute approximate surface area is 152 Å². The minimum Gasteiger partial charge on any atom is -0.369 e. The van der Waals surface area contributed by atoms with Crippen LogP contribution in [-0.2, 0) is 21.2 Å². The average molecular weight is 373 g/mol. The van der Waals surface area contributed by atoms with Crippen molar-refractivity contribution in [2.24, 2.45) is 5.92 Å². The monoisotopic (exact) mass is 373 g/mol. The van der Waals surface area contributed by atoms with Crippen molar-refractivity contribution in [1.82, 2.24) is 0 Å². The summed E-state index contributed by atoms with van der Waals surface area (Å²) in [6, 6.07) is 17.1. The van der Waals surface area contributed by atoms with Crippen LogP contribution in [0.5, 0.6) is 0 Å². The molecule has 7 heteroatoms. The number of rotatable bonds is 7. The number of nitrogens with zero attached hydrogens (tertiary/aromatic N) is 1. The van der Waals surface area contributed by atoms with Gasteiger partial charge in [-0.15, -0.1) is 0 Å². The Morgan fingerprint density at radius 3 is 2.27 bits per heavy atom. The fourth-order valence-electron chi connectivity index (χ4n) is 3.05. The van der Waals surface area contributed by atoms with E-state index in [4.69, 9.17) is 4.74 Å². The van der Waals surface area contributed by atoms with Crippen molar-refractivity contribution < 1.29 is 18.1 Å². The van der Waals surface area contributed by atoms with Gasteiger partial charge in [0.1, 0.15) is 0 Å². The van der Waals surface area contributed by atoms with E-state index in [1.165, 1.54) is 12.1 Å². The number of ether oxygens (including phenoxy) is 1. The van der Waals surface area contributed by atoms with Gasteiger partial charge in [0.2, 0.25) is 9.84 Å². The first-order valence-corrected chi connectivity index (χ1v) is 9.79. The van der Waals surface area contributed by atoms with Gasteiger partial charge in [-0.1, -0.05) is 60.7 Å². The summed E-state index contributed by atoms with van der Waals surface area (Å²) in [5.74, 6) is -0.726. The van der Waals surface area contributed by atoms with E-state index in [-0.39, 0.29) is 17.4 Å². The minimum atomic E-state index is -4.08. The molecule has 1 unspecified atom stereocenters. The first-order valence-electron chi connectivity index (χ1n) is 8.25.